The van der Waals surface area contributed by atoms with Crippen molar-refractivity contribution < 1.29 is 14.0 Å². The molecule has 1 aromatic heterocycles. The number of anilines is 2. The van der Waals surface area contributed by atoms with E-state index in [9.17, 15) is 9.59 Å². The highest BCUT2D eigenvalue weighted by Gasteiger charge is 2.28. The number of fused-ring (bicyclic) bond motifs is 1. The standard InChI is InChI=1S/C24H24N4O3S/c1-17-6-2-3-7-19(17)26-10-12-27(13-11-26)24(30)18-15-31-22(25-18)14-28-20-8-4-5-9-21(20)32-16-23(28)29/h2-9,15H,10-14,16H2,1H3. The summed E-state index contributed by atoms with van der Waals surface area (Å²) in [5, 5.41) is 0. The number of piperazine rings is 1. The molecule has 0 aliphatic carbocycles. The lowest BCUT2D eigenvalue weighted by molar-refractivity contribution is -0.116. The zero-order valence-electron chi connectivity index (χ0n) is 17.9. The van der Waals surface area contributed by atoms with E-state index < -0.39 is 0 Å². The van der Waals surface area contributed by atoms with Crippen LogP contribution >= 0.6 is 11.8 Å². The van der Waals surface area contributed by atoms with Crippen LogP contribution in [0.3, 0.4) is 0 Å². The summed E-state index contributed by atoms with van der Waals surface area (Å²) in [6.45, 7) is 5.13. The Morgan fingerprint density at radius 1 is 1.03 bits per heavy atom. The van der Waals surface area contributed by atoms with E-state index in [2.05, 4.69) is 28.9 Å². The molecule has 0 radical (unpaired) electrons. The molecule has 2 aliphatic heterocycles. The van der Waals surface area contributed by atoms with Gasteiger partial charge in [-0.25, -0.2) is 4.98 Å². The molecule has 8 heteroatoms. The van der Waals surface area contributed by atoms with Crippen molar-refractivity contribution in [1.29, 1.82) is 0 Å². The second kappa shape index (κ2) is 8.70. The molecule has 2 aromatic carbocycles. The van der Waals surface area contributed by atoms with Gasteiger partial charge in [0.25, 0.3) is 5.91 Å². The summed E-state index contributed by atoms with van der Waals surface area (Å²) in [4.78, 5) is 36.7. The van der Waals surface area contributed by atoms with Crippen LogP contribution in [0.25, 0.3) is 0 Å². The summed E-state index contributed by atoms with van der Waals surface area (Å²) in [5.74, 6) is 0.619. The van der Waals surface area contributed by atoms with Gasteiger partial charge in [-0.1, -0.05) is 30.3 Å². The van der Waals surface area contributed by atoms with Crippen LogP contribution in [0.15, 0.2) is 64.1 Å². The summed E-state index contributed by atoms with van der Waals surface area (Å²) < 4.78 is 5.58. The van der Waals surface area contributed by atoms with Crippen molar-refractivity contribution in [3.05, 3.63) is 71.9 Å². The van der Waals surface area contributed by atoms with Gasteiger partial charge in [0.05, 0.1) is 11.4 Å². The minimum atomic E-state index is -0.134. The largest absolute Gasteiger partial charge is 0.446 e. The lowest BCUT2D eigenvalue weighted by Gasteiger charge is -2.36. The van der Waals surface area contributed by atoms with E-state index in [1.807, 2.05) is 41.3 Å². The predicted molar refractivity (Wildman–Crippen MR) is 124 cm³/mol. The molecule has 7 nitrogen and oxygen atoms in total. The number of hydrogen-bond donors (Lipinski definition) is 0. The van der Waals surface area contributed by atoms with Crippen LogP contribution in [0.5, 0.6) is 0 Å². The second-order valence-corrected chi connectivity index (χ2v) is 8.95. The number of hydrogen-bond acceptors (Lipinski definition) is 6. The molecule has 0 N–H and O–H groups in total. The normalized spacial score (nSPS) is 16.3. The number of amides is 2. The topological polar surface area (TPSA) is 69.9 Å². The van der Waals surface area contributed by atoms with Crippen molar-refractivity contribution in [2.24, 2.45) is 0 Å². The molecular weight excluding hydrogens is 424 g/mol. The summed E-state index contributed by atoms with van der Waals surface area (Å²) >= 11 is 1.53. The van der Waals surface area contributed by atoms with Crippen molar-refractivity contribution in [3.63, 3.8) is 0 Å². The average molecular weight is 449 g/mol. The maximum Gasteiger partial charge on any atom is 0.275 e. The first kappa shape index (κ1) is 20.6. The maximum atomic E-state index is 13.0. The highest BCUT2D eigenvalue weighted by Crippen LogP contribution is 2.35. The first-order valence-electron chi connectivity index (χ1n) is 10.7. The highest BCUT2D eigenvalue weighted by molar-refractivity contribution is 8.00. The summed E-state index contributed by atoms with van der Waals surface area (Å²) in [6.07, 6.45) is 1.40. The van der Waals surface area contributed by atoms with E-state index in [0.717, 1.165) is 23.7 Å². The molecule has 3 aromatic rings. The number of rotatable bonds is 4. The monoisotopic (exact) mass is 448 g/mol. The van der Waals surface area contributed by atoms with Crippen LogP contribution in [0.4, 0.5) is 11.4 Å². The molecule has 5 rings (SSSR count). The van der Waals surface area contributed by atoms with Crippen LogP contribution in [0, 0.1) is 6.92 Å². The minimum absolute atomic E-state index is 0.00658. The van der Waals surface area contributed by atoms with Gasteiger partial charge >= 0.3 is 0 Å². The van der Waals surface area contributed by atoms with Gasteiger partial charge in [0, 0.05) is 36.8 Å². The third kappa shape index (κ3) is 3.98. The lowest BCUT2D eigenvalue weighted by atomic mass is 10.1. The van der Waals surface area contributed by atoms with Crippen LogP contribution in [0.1, 0.15) is 21.9 Å². The first-order valence-corrected chi connectivity index (χ1v) is 11.6. The Labute approximate surface area is 191 Å². The zero-order valence-corrected chi connectivity index (χ0v) is 18.7. The quantitative estimate of drug-likeness (QED) is 0.608. The van der Waals surface area contributed by atoms with E-state index >= 15 is 0 Å². The van der Waals surface area contributed by atoms with Crippen LogP contribution in [0.2, 0.25) is 0 Å². The number of aromatic nitrogens is 1. The smallest absolute Gasteiger partial charge is 0.275 e. The Kier molecular flexibility index (Phi) is 5.61. The molecule has 164 valence electrons. The fourth-order valence-electron chi connectivity index (χ4n) is 4.17. The Morgan fingerprint density at radius 2 is 1.75 bits per heavy atom. The van der Waals surface area contributed by atoms with Crippen LogP contribution in [-0.4, -0.2) is 53.6 Å². The number of thioether (sulfide) groups is 1. The van der Waals surface area contributed by atoms with Crippen LogP contribution in [-0.2, 0) is 11.3 Å². The van der Waals surface area contributed by atoms with Crippen molar-refractivity contribution in [1.82, 2.24) is 9.88 Å². The van der Waals surface area contributed by atoms with Gasteiger partial charge in [-0.15, -0.1) is 11.8 Å². The molecule has 0 spiro atoms. The van der Waals surface area contributed by atoms with Gasteiger partial charge in [0.1, 0.15) is 12.8 Å². The SMILES string of the molecule is Cc1ccccc1N1CCN(C(=O)c2coc(CN3C(=O)CSc4ccccc43)n2)CC1. The highest BCUT2D eigenvalue weighted by atomic mass is 32.2. The van der Waals surface area contributed by atoms with Gasteiger partial charge in [-0.2, -0.15) is 0 Å². The number of benzene rings is 2. The van der Waals surface area contributed by atoms with E-state index in [-0.39, 0.29) is 24.1 Å². The number of para-hydroxylation sites is 2. The molecule has 32 heavy (non-hydrogen) atoms. The predicted octanol–water partition coefficient (Wildman–Crippen LogP) is 3.58. The molecule has 1 saturated heterocycles. The zero-order chi connectivity index (χ0) is 22.1. The van der Waals surface area contributed by atoms with Crippen molar-refractivity contribution in [2.45, 2.75) is 18.4 Å². The number of aryl methyl sites for hydroxylation is 1. The van der Waals surface area contributed by atoms with E-state index in [1.54, 1.807) is 4.90 Å². The number of nitrogens with zero attached hydrogens (tertiary/aromatic N) is 4. The van der Waals surface area contributed by atoms with E-state index in [0.29, 0.717) is 24.7 Å². The molecule has 0 atom stereocenters. The fraction of sp³-hybridized carbons (Fsp3) is 0.292. The Morgan fingerprint density at radius 3 is 2.53 bits per heavy atom. The summed E-state index contributed by atoms with van der Waals surface area (Å²) in [6, 6.07) is 16.1. The molecule has 1 fully saturated rings. The number of oxazole rings is 1. The summed E-state index contributed by atoms with van der Waals surface area (Å²) in [7, 11) is 0. The Hall–Kier alpha value is -3.26. The Bertz CT molecular complexity index is 1150. The second-order valence-electron chi connectivity index (χ2n) is 7.93. The lowest BCUT2D eigenvalue weighted by Crippen LogP contribution is -2.49. The minimum Gasteiger partial charge on any atom is -0.446 e. The molecule has 3 heterocycles. The first-order chi connectivity index (χ1) is 15.6. The van der Waals surface area contributed by atoms with E-state index in [1.165, 1.54) is 29.3 Å². The fourth-order valence-corrected chi connectivity index (χ4v) is 5.11. The summed E-state index contributed by atoms with van der Waals surface area (Å²) in [5.41, 5.74) is 3.59. The van der Waals surface area contributed by atoms with E-state index in [4.69, 9.17) is 4.42 Å². The van der Waals surface area contributed by atoms with Crippen molar-refractivity contribution in [2.75, 3.05) is 41.7 Å². The molecular formula is C24H24N4O3S. The molecule has 0 bridgehead atoms. The van der Waals surface area contributed by atoms with Crippen molar-refractivity contribution >= 4 is 35.0 Å². The molecule has 2 aliphatic rings. The Balaban J connectivity index is 1.24. The van der Waals surface area contributed by atoms with Gasteiger partial charge < -0.3 is 19.1 Å². The average Bonchev–Trinajstić information content (AvgIpc) is 3.30. The van der Waals surface area contributed by atoms with Crippen LogP contribution < -0.4 is 9.80 Å². The number of carbonyl (C=O) groups is 2. The number of carbonyl (C=O) groups excluding carboxylic acids is 2. The van der Waals surface area contributed by atoms with Gasteiger partial charge in [-0.3, -0.25) is 9.59 Å². The van der Waals surface area contributed by atoms with Crippen molar-refractivity contribution in [3.8, 4) is 0 Å². The maximum absolute atomic E-state index is 13.0. The molecule has 2 amide bonds. The van der Waals surface area contributed by atoms with Gasteiger partial charge in [0.2, 0.25) is 11.8 Å². The van der Waals surface area contributed by atoms with Gasteiger partial charge in [-0.05, 0) is 30.7 Å². The molecule has 0 unspecified atom stereocenters. The van der Waals surface area contributed by atoms with Gasteiger partial charge in [0.15, 0.2) is 5.69 Å². The molecule has 0 saturated carbocycles. The third-order valence-electron chi connectivity index (χ3n) is 5.90. The third-order valence-corrected chi connectivity index (χ3v) is 6.94.